The second kappa shape index (κ2) is 6.13. The van der Waals surface area contributed by atoms with E-state index in [9.17, 15) is 10.0 Å². The number of pyridine rings is 1. The number of carbonyl (C=O) groups excluding carboxylic acids is 1. The smallest absolute Gasteiger partial charge is 0.257 e. The number of carbonyl (C=O) groups is 1. The monoisotopic (exact) mass is 331 g/mol. The molecule has 0 aliphatic carbocycles. The van der Waals surface area contributed by atoms with E-state index in [1.165, 1.54) is 35.9 Å². The Morgan fingerprint density at radius 1 is 1.23 bits per heavy atom. The van der Waals surface area contributed by atoms with Gasteiger partial charge in [-0.15, -0.1) is 11.3 Å². The fourth-order valence-electron chi connectivity index (χ4n) is 1.86. The number of anilines is 1. The first-order valence-corrected chi connectivity index (χ1v) is 7.60. The number of thiazole rings is 1. The van der Waals surface area contributed by atoms with Crippen LogP contribution in [0, 0.1) is 5.21 Å². The van der Waals surface area contributed by atoms with Crippen molar-refractivity contribution in [3.63, 3.8) is 0 Å². The van der Waals surface area contributed by atoms with Crippen molar-refractivity contribution >= 4 is 34.0 Å². The summed E-state index contributed by atoms with van der Waals surface area (Å²) in [6.45, 7) is 0. The van der Waals surface area contributed by atoms with Crippen LogP contribution in [0.4, 0.5) is 5.13 Å². The van der Waals surface area contributed by atoms with Gasteiger partial charge < -0.3 is 5.21 Å². The second-order valence-corrected chi connectivity index (χ2v) is 5.68. The van der Waals surface area contributed by atoms with E-state index in [1.807, 2.05) is 23.6 Å². The maximum absolute atomic E-state index is 12.1. The van der Waals surface area contributed by atoms with Crippen molar-refractivity contribution in [3.05, 3.63) is 70.0 Å². The highest BCUT2D eigenvalue weighted by Crippen LogP contribution is 2.30. The predicted molar refractivity (Wildman–Crippen MR) is 85.9 cm³/mol. The Labute approximate surface area is 135 Å². The van der Waals surface area contributed by atoms with Gasteiger partial charge >= 0.3 is 0 Å². The molecule has 2 aromatic heterocycles. The van der Waals surface area contributed by atoms with Crippen LogP contribution in [0.5, 0.6) is 0 Å². The van der Waals surface area contributed by atoms with Crippen LogP contribution < -0.4 is 10.0 Å². The Hall–Kier alpha value is -2.44. The molecule has 0 saturated heterocycles. The van der Waals surface area contributed by atoms with Gasteiger partial charge in [-0.05, 0) is 6.07 Å². The fourth-order valence-corrected chi connectivity index (χ4v) is 2.80. The lowest BCUT2D eigenvalue weighted by atomic mass is 10.2. The molecule has 0 saturated carbocycles. The number of benzene rings is 1. The summed E-state index contributed by atoms with van der Waals surface area (Å²) in [5.41, 5.74) is 1.91. The van der Waals surface area contributed by atoms with Gasteiger partial charge in [-0.25, -0.2) is 4.98 Å². The first-order chi connectivity index (χ1) is 10.6. The van der Waals surface area contributed by atoms with Gasteiger partial charge in [0.05, 0.1) is 11.3 Å². The van der Waals surface area contributed by atoms with E-state index in [4.69, 9.17) is 11.6 Å². The summed E-state index contributed by atoms with van der Waals surface area (Å²) in [5, 5.41) is 16.6. The summed E-state index contributed by atoms with van der Waals surface area (Å²) in [7, 11) is 0. The zero-order valence-electron chi connectivity index (χ0n) is 11.2. The number of amides is 1. The SMILES string of the molecule is O=C(Nc1nc(-c2ccccc2Cl)cs1)c1cc[n+]([O-])cc1. The molecule has 1 N–H and O–H groups in total. The lowest BCUT2D eigenvalue weighted by molar-refractivity contribution is -0.605. The van der Waals surface area contributed by atoms with Crippen molar-refractivity contribution in [1.82, 2.24) is 4.98 Å². The molecule has 3 aromatic rings. The Morgan fingerprint density at radius 2 is 1.95 bits per heavy atom. The summed E-state index contributed by atoms with van der Waals surface area (Å²) >= 11 is 7.44. The molecule has 0 bridgehead atoms. The summed E-state index contributed by atoms with van der Waals surface area (Å²) in [4.78, 5) is 16.4. The average Bonchev–Trinajstić information content (AvgIpc) is 2.96. The highest BCUT2D eigenvalue weighted by Gasteiger charge is 2.12. The Balaban J connectivity index is 1.78. The largest absolute Gasteiger partial charge is 0.619 e. The van der Waals surface area contributed by atoms with Gasteiger partial charge in [0.25, 0.3) is 5.91 Å². The van der Waals surface area contributed by atoms with E-state index in [-0.39, 0.29) is 5.91 Å². The van der Waals surface area contributed by atoms with Crippen LogP contribution in [0.2, 0.25) is 5.02 Å². The second-order valence-electron chi connectivity index (χ2n) is 4.42. The molecule has 0 unspecified atom stereocenters. The summed E-state index contributed by atoms with van der Waals surface area (Å²) in [5.74, 6) is -0.319. The van der Waals surface area contributed by atoms with Crippen LogP contribution in [0.15, 0.2) is 54.2 Å². The molecule has 0 radical (unpaired) electrons. The topological polar surface area (TPSA) is 68.9 Å². The van der Waals surface area contributed by atoms with E-state index in [0.29, 0.717) is 26.1 Å². The summed E-state index contributed by atoms with van der Waals surface area (Å²) in [6.07, 6.45) is 2.54. The predicted octanol–water partition coefficient (Wildman–Crippen LogP) is 3.35. The molecule has 0 atom stereocenters. The lowest BCUT2D eigenvalue weighted by Gasteiger charge is -2.02. The molecule has 2 heterocycles. The van der Waals surface area contributed by atoms with Crippen LogP contribution in [-0.2, 0) is 0 Å². The van der Waals surface area contributed by atoms with Crippen LogP contribution in [0.25, 0.3) is 11.3 Å². The summed E-state index contributed by atoms with van der Waals surface area (Å²) < 4.78 is 0.621. The first-order valence-electron chi connectivity index (χ1n) is 6.34. The quantitative estimate of drug-likeness (QED) is 0.591. The maximum atomic E-state index is 12.1. The van der Waals surface area contributed by atoms with Gasteiger partial charge in [0, 0.05) is 28.1 Å². The van der Waals surface area contributed by atoms with E-state index in [2.05, 4.69) is 10.3 Å². The van der Waals surface area contributed by atoms with Crippen LogP contribution >= 0.6 is 22.9 Å². The van der Waals surface area contributed by atoms with Crippen molar-refractivity contribution < 1.29 is 9.52 Å². The van der Waals surface area contributed by atoms with Crippen molar-refractivity contribution in [2.24, 2.45) is 0 Å². The van der Waals surface area contributed by atoms with Crippen molar-refractivity contribution in [2.75, 3.05) is 5.32 Å². The van der Waals surface area contributed by atoms with E-state index >= 15 is 0 Å². The molecule has 0 spiro atoms. The highest BCUT2D eigenvalue weighted by atomic mass is 35.5. The van der Waals surface area contributed by atoms with Crippen molar-refractivity contribution in [2.45, 2.75) is 0 Å². The number of aromatic nitrogens is 2. The summed E-state index contributed by atoms with van der Waals surface area (Å²) in [6, 6.07) is 10.3. The maximum Gasteiger partial charge on any atom is 0.257 e. The highest BCUT2D eigenvalue weighted by molar-refractivity contribution is 7.14. The molecule has 22 heavy (non-hydrogen) atoms. The number of halogens is 1. The minimum atomic E-state index is -0.319. The van der Waals surface area contributed by atoms with Crippen LogP contribution in [-0.4, -0.2) is 10.9 Å². The van der Waals surface area contributed by atoms with E-state index in [1.54, 1.807) is 6.07 Å². The molecule has 3 rings (SSSR count). The molecule has 110 valence electrons. The van der Waals surface area contributed by atoms with Gasteiger partial charge in [0.2, 0.25) is 0 Å². The van der Waals surface area contributed by atoms with Gasteiger partial charge in [0.1, 0.15) is 0 Å². The third-order valence-electron chi connectivity index (χ3n) is 2.94. The lowest BCUT2D eigenvalue weighted by Crippen LogP contribution is -2.25. The third-order valence-corrected chi connectivity index (χ3v) is 4.03. The Morgan fingerprint density at radius 3 is 2.68 bits per heavy atom. The van der Waals surface area contributed by atoms with Crippen molar-refractivity contribution in [1.29, 1.82) is 0 Å². The van der Waals surface area contributed by atoms with Gasteiger partial charge in [-0.1, -0.05) is 29.8 Å². The average molecular weight is 332 g/mol. The van der Waals surface area contributed by atoms with E-state index in [0.717, 1.165) is 5.56 Å². The molecule has 0 aliphatic heterocycles. The zero-order chi connectivity index (χ0) is 15.5. The van der Waals surface area contributed by atoms with Gasteiger partial charge in [0.15, 0.2) is 17.5 Å². The number of rotatable bonds is 3. The molecular formula is C15H10ClN3O2S. The van der Waals surface area contributed by atoms with Crippen LogP contribution in [0.3, 0.4) is 0 Å². The first kappa shape index (κ1) is 14.5. The Kier molecular flexibility index (Phi) is 4.04. The standard InChI is InChI=1S/C15H10ClN3O2S/c16-12-4-2-1-3-11(12)13-9-22-15(17-13)18-14(20)10-5-7-19(21)8-6-10/h1-9H,(H,17,18,20). The van der Waals surface area contributed by atoms with Crippen LogP contribution in [0.1, 0.15) is 10.4 Å². The molecular weight excluding hydrogens is 322 g/mol. The van der Waals surface area contributed by atoms with Crippen molar-refractivity contribution in [3.8, 4) is 11.3 Å². The number of hydrogen-bond acceptors (Lipinski definition) is 4. The number of nitrogens with one attached hydrogen (secondary N) is 1. The fraction of sp³-hybridized carbons (Fsp3) is 0. The zero-order valence-corrected chi connectivity index (χ0v) is 12.8. The van der Waals surface area contributed by atoms with Gasteiger partial charge in [-0.3, -0.25) is 10.1 Å². The normalized spacial score (nSPS) is 10.4. The molecule has 5 nitrogen and oxygen atoms in total. The molecule has 0 fully saturated rings. The molecule has 7 heteroatoms. The molecule has 1 aromatic carbocycles. The third kappa shape index (κ3) is 3.08. The molecule has 0 aliphatic rings. The van der Waals surface area contributed by atoms with Gasteiger partial charge in [-0.2, -0.15) is 4.73 Å². The van der Waals surface area contributed by atoms with E-state index < -0.39 is 0 Å². The minimum absolute atomic E-state index is 0.319. The number of nitrogens with zero attached hydrogens (tertiary/aromatic N) is 2. The Bertz CT molecular complexity index is 818. The molecule has 1 amide bonds. The number of hydrogen-bond donors (Lipinski definition) is 1. The minimum Gasteiger partial charge on any atom is -0.619 e.